The summed E-state index contributed by atoms with van der Waals surface area (Å²) in [6.07, 6.45) is 9.70. The third-order valence-electron chi connectivity index (χ3n) is 2.25. The van der Waals surface area contributed by atoms with Gasteiger partial charge in [-0.1, -0.05) is 24.3 Å². The van der Waals surface area contributed by atoms with Crippen LogP contribution in [-0.4, -0.2) is 24.2 Å². The fourth-order valence-corrected chi connectivity index (χ4v) is 1.45. The van der Waals surface area contributed by atoms with Gasteiger partial charge in [0, 0.05) is 0 Å². The number of aliphatic carboxylic acids is 1. The summed E-state index contributed by atoms with van der Waals surface area (Å²) in [5, 5.41) is 11.6. The van der Waals surface area contributed by atoms with Gasteiger partial charge in [0.05, 0.1) is 0 Å². The van der Waals surface area contributed by atoms with Crippen LogP contribution in [0.3, 0.4) is 0 Å². The summed E-state index contributed by atoms with van der Waals surface area (Å²) >= 11 is 0. The Morgan fingerprint density at radius 3 is 2.92 bits per heavy atom. The highest BCUT2D eigenvalue weighted by Crippen LogP contribution is 2.17. The van der Waals surface area contributed by atoms with Crippen molar-refractivity contribution >= 4 is 5.97 Å². The lowest BCUT2D eigenvalue weighted by atomic mass is 9.93. The quantitative estimate of drug-likeness (QED) is 0.684. The van der Waals surface area contributed by atoms with E-state index in [1.54, 1.807) is 7.05 Å². The zero-order valence-electron chi connectivity index (χ0n) is 7.73. The van der Waals surface area contributed by atoms with Gasteiger partial charge < -0.3 is 10.4 Å². The minimum absolute atomic E-state index is 0.360. The molecule has 1 aliphatic carbocycles. The molecule has 0 spiro atoms. The van der Waals surface area contributed by atoms with E-state index in [9.17, 15) is 4.79 Å². The highest BCUT2D eigenvalue weighted by atomic mass is 16.4. The van der Waals surface area contributed by atoms with Crippen molar-refractivity contribution in [2.45, 2.75) is 18.9 Å². The van der Waals surface area contributed by atoms with Gasteiger partial charge in [-0.25, -0.2) is 0 Å². The SMILES string of the molecule is CNC(CC1C=CC=CC1)C(=O)O. The molecule has 0 fully saturated rings. The second-order valence-corrected chi connectivity index (χ2v) is 3.22. The van der Waals surface area contributed by atoms with Gasteiger partial charge in [-0.3, -0.25) is 4.79 Å². The third kappa shape index (κ3) is 3.03. The first-order valence-corrected chi connectivity index (χ1v) is 4.47. The van der Waals surface area contributed by atoms with Gasteiger partial charge in [0.1, 0.15) is 6.04 Å². The molecule has 3 heteroatoms. The lowest BCUT2D eigenvalue weighted by Gasteiger charge is -2.17. The highest BCUT2D eigenvalue weighted by Gasteiger charge is 2.18. The van der Waals surface area contributed by atoms with Crippen molar-refractivity contribution in [1.29, 1.82) is 0 Å². The first-order valence-electron chi connectivity index (χ1n) is 4.47. The Balaban J connectivity index is 2.42. The van der Waals surface area contributed by atoms with E-state index in [2.05, 4.69) is 17.5 Å². The monoisotopic (exact) mass is 181 g/mol. The van der Waals surface area contributed by atoms with Gasteiger partial charge in [0.15, 0.2) is 0 Å². The van der Waals surface area contributed by atoms with Gasteiger partial charge in [0.25, 0.3) is 0 Å². The summed E-state index contributed by atoms with van der Waals surface area (Å²) in [5.41, 5.74) is 0. The molecule has 0 aromatic rings. The van der Waals surface area contributed by atoms with Crippen LogP contribution in [0.25, 0.3) is 0 Å². The molecule has 0 aromatic carbocycles. The number of carbonyl (C=O) groups is 1. The Bertz CT molecular complexity index is 233. The molecule has 0 amide bonds. The highest BCUT2D eigenvalue weighted by molar-refractivity contribution is 5.73. The second-order valence-electron chi connectivity index (χ2n) is 3.22. The molecule has 1 aliphatic rings. The second kappa shape index (κ2) is 4.82. The van der Waals surface area contributed by atoms with E-state index < -0.39 is 12.0 Å². The van der Waals surface area contributed by atoms with Crippen LogP contribution in [0.15, 0.2) is 24.3 Å². The van der Waals surface area contributed by atoms with Crippen LogP contribution in [-0.2, 0) is 4.79 Å². The van der Waals surface area contributed by atoms with Gasteiger partial charge in [0.2, 0.25) is 0 Å². The number of allylic oxidation sites excluding steroid dienone is 4. The molecule has 2 N–H and O–H groups in total. The Labute approximate surface area is 78.1 Å². The Hall–Kier alpha value is -1.09. The van der Waals surface area contributed by atoms with E-state index in [-0.39, 0.29) is 0 Å². The predicted molar refractivity (Wildman–Crippen MR) is 51.5 cm³/mol. The minimum Gasteiger partial charge on any atom is -0.480 e. The van der Waals surface area contributed by atoms with Crippen molar-refractivity contribution in [3.63, 3.8) is 0 Å². The topological polar surface area (TPSA) is 49.3 Å². The molecule has 2 atom stereocenters. The van der Waals surface area contributed by atoms with Crippen LogP contribution < -0.4 is 5.32 Å². The molecule has 72 valence electrons. The summed E-state index contributed by atoms with van der Waals surface area (Å²) in [5.74, 6) is -0.413. The average molecular weight is 181 g/mol. The normalized spacial score (nSPS) is 23.0. The van der Waals surface area contributed by atoms with Crippen LogP contribution in [0.1, 0.15) is 12.8 Å². The summed E-state index contributed by atoms with van der Waals surface area (Å²) in [4.78, 5) is 10.7. The Morgan fingerprint density at radius 1 is 1.69 bits per heavy atom. The fourth-order valence-electron chi connectivity index (χ4n) is 1.45. The first-order chi connectivity index (χ1) is 6.24. The molecule has 0 bridgehead atoms. The number of carboxylic acids is 1. The van der Waals surface area contributed by atoms with Crippen LogP contribution in [0.5, 0.6) is 0 Å². The average Bonchev–Trinajstić information content (AvgIpc) is 2.15. The summed E-state index contributed by atoms with van der Waals surface area (Å²) in [7, 11) is 1.68. The molecular weight excluding hydrogens is 166 g/mol. The first kappa shape index (κ1) is 9.99. The Morgan fingerprint density at radius 2 is 2.46 bits per heavy atom. The van der Waals surface area contributed by atoms with Gasteiger partial charge in [-0.15, -0.1) is 0 Å². The molecule has 0 aromatic heterocycles. The van der Waals surface area contributed by atoms with Crippen molar-refractivity contribution in [1.82, 2.24) is 5.32 Å². The van der Waals surface area contributed by atoms with Crippen molar-refractivity contribution in [3.05, 3.63) is 24.3 Å². The van der Waals surface area contributed by atoms with E-state index >= 15 is 0 Å². The number of hydrogen-bond donors (Lipinski definition) is 2. The number of carboxylic acid groups (broad SMARTS) is 1. The smallest absolute Gasteiger partial charge is 0.320 e. The largest absolute Gasteiger partial charge is 0.480 e. The molecule has 3 nitrogen and oxygen atoms in total. The number of likely N-dealkylation sites (N-methyl/N-ethyl adjacent to an activating group) is 1. The molecule has 0 radical (unpaired) electrons. The predicted octanol–water partition coefficient (Wildman–Crippen LogP) is 1.18. The summed E-state index contributed by atoms with van der Waals surface area (Å²) in [6.45, 7) is 0. The van der Waals surface area contributed by atoms with E-state index in [0.717, 1.165) is 6.42 Å². The standard InChI is InChI=1S/C10H15NO2/c1-11-9(10(12)13)7-8-5-3-2-4-6-8/h2-5,8-9,11H,6-7H2,1H3,(H,12,13). The summed E-state index contributed by atoms with van der Waals surface area (Å²) in [6, 6.07) is -0.429. The third-order valence-corrected chi connectivity index (χ3v) is 2.25. The van der Waals surface area contributed by atoms with Crippen LogP contribution in [0.2, 0.25) is 0 Å². The van der Waals surface area contributed by atoms with E-state index in [4.69, 9.17) is 5.11 Å². The van der Waals surface area contributed by atoms with Crippen LogP contribution in [0, 0.1) is 5.92 Å². The number of hydrogen-bond acceptors (Lipinski definition) is 2. The maximum atomic E-state index is 10.7. The lowest BCUT2D eigenvalue weighted by molar-refractivity contribution is -0.139. The molecule has 1 rings (SSSR count). The van der Waals surface area contributed by atoms with E-state index in [0.29, 0.717) is 12.3 Å². The Kier molecular flexibility index (Phi) is 3.71. The van der Waals surface area contributed by atoms with Gasteiger partial charge in [-0.05, 0) is 25.8 Å². The van der Waals surface area contributed by atoms with Crippen LogP contribution >= 0.6 is 0 Å². The van der Waals surface area contributed by atoms with Gasteiger partial charge in [-0.2, -0.15) is 0 Å². The zero-order chi connectivity index (χ0) is 9.68. The molecular formula is C10H15NO2. The molecule has 0 saturated carbocycles. The van der Waals surface area contributed by atoms with E-state index in [1.807, 2.05) is 12.2 Å². The molecule has 0 saturated heterocycles. The van der Waals surface area contributed by atoms with Crippen molar-refractivity contribution in [2.75, 3.05) is 7.05 Å². The zero-order valence-corrected chi connectivity index (χ0v) is 7.73. The lowest BCUT2D eigenvalue weighted by Crippen LogP contribution is -2.35. The van der Waals surface area contributed by atoms with Crippen molar-refractivity contribution < 1.29 is 9.90 Å². The molecule has 13 heavy (non-hydrogen) atoms. The maximum Gasteiger partial charge on any atom is 0.320 e. The van der Waals surface area contributed by atoms with E-state index in [1.165, 1.54) is 0 Å². The number of rotatable bonds is 4. The molecule has 2 unspecified atom stereocenters. The fraction of sp³-hybridized carbons (Fsp3) is 0.500. The minimum atomic E-state index is -0.773. The number of nitrogens with one attached hydrogen (secondary N) is 1. The van der Waals surface area contributed by atoms with Crippen molar-refractivity contribution in [3.8, 4) is 0 Å². The molecule has 0 heterocycles. The summed E-state index contributed by atoms with van der Waals surface area (Å²) < 4.78 is 0. The van der Waals surface area contributed by atoms with Crippen molar-refractivity contribution in [2.24, 2.45) is 5.92 Å². The maximum absolute atomic E-state index is 10.7. The van der Waals surface area contributed by atoms with Crippen LogP contribution in [0.4, 0.5) is 0 Å². The van der Waals surface area contributed by atoms with Gasteiger partial charge >= 0.3 is 5.97 Å². The molecule has 0 aliphatic heterocycles.